The molecule has 4 aromatic rings. The fourth-order valence-electron chi connectivity index (χ4n) is 3.33. The number of benzene rings is 1. The van der Waals surface area contributed by atoms with Crippen molar-refractivity contribution in [1.29, 1.82) is 5.26 Å². The zero-order valence-electron chi connectivity index (χ0n) is 15.5. The summed E-state index contributed by atoms with van der Waals surface area (Å²) >= 11 is 0. The highest BCUT2D eigenvalue weighted by Gasteiger charge is 2.13. The van der Waals surface area contributed by atoms with E-state index in [9.17, 15) is 5.26 Å². The van der Waals surface area contributed by atoms with Crippen LogP contribution in [0.4, 0.5) is 0 Å². The number of allylic oxidation sites excluding steroid dienone is 1. The fourth-order valence-corrected chi connectivity index (χ4v) is 3.33. The summed E-state index contributed by atoms with van der Waals surface area (Å²) in [4.78, 5) is 12.3. The van der Waals surface area contributed by atoms with Gasteiger partial charge in [-0.1, -0.05) is 12.1 Å². The number of imidazole rings is 1. The Balaban J connectivity index is 1.80. The number of aromatic amines is 1. The zero-order chi connectivity index (χ0) is 19.0. The Morgan fingerprint density at radius 2 is 2.00 bits per heavy atom. The largest absolute Gasteiger partial charge is 0.337 e. The third-order valence-corrected chi connectivity index (χ3v) is 4.66. The molecule has 4 rings (SSSR count). The van der Waals surface area contributed by atoms with Gasteiger partial charge in [0.05, 0.1) is 16.6 Å². The summed E-state index contributed by atoms with van der Waals surface area (Å²) in [5.74, 6) is 1.45. The van der Waals surface area contributed by atoms with Crippen molar-refractivity contribution in [3.05, 3.63) is 77.0 Å². The van der Waals surface area contributed by atoms with Crippen LogP contribution in [0.25, 0.3) is 28.5 Å². The van der Waals surface area contributed by atoms with E-state index in [1.807, 2.05) is 63.2 Å². The first-order chi connectivity index (χ1) is 13.1. The van der Waals surface area contributed by atoms with E-state index in [1.54, 1.807) is 6.20 Å². The second-order valence-electron chi connectivity index (χ2n) is 6.63. The van der Waals surface area contributed by atoms with E-state index in [0.29, 0.717) is 11.4 Å². The number of fused-ring (bicyclic) bond motifs is 1. The van der Waals surface area contributed by atoms with Gasteiger partial charge < -0.3 is 9.55 Å². The van der Waals surface area contributed by atoms with Gasteiger partial charge in [0.25, 0.3) is 0 Å². The minimum absolute atomic E-state index is 0.505. The van der Waals surface area contributed by atoms with Gasteiger partial charge in [0.2, 0.25) is 0 Å². The van der Waals surface area contributed by atoms with Crippen LogP contribution in [0.2, 0.25) is 0 Å². The molecule has 0 aliphatic heterocycles. The van der Waals surface area contributed by atoms with Crippen LogP contribution in [0.3, 0.4) is 0 Å². The van der Waals surface area contributed by atoms with Crippen LogP contribution < -0.4 is 0 Å². The van der Waals surface area contributed by atoms with Crippen LogP contribution in [-0.2, 0) is 0 Å². The van der Waals surface area contributed by atoms with E-state index < -0.39 is 0 Å². The molecule has 0 aliphatic rings. The average molecular weight is 353 g/mol. The Hall–Kier alpha value is -3.65. The van der Waals surface area contributed by atoms with Crippen LogP contribution in [0.15, 0.2) is 48.7 Å². The van der Waals surface area contributed by atoms with Gasteiger partial charge in [-0.25, -0.2) is 9.97 Å². The molecular formula is C22H19N5. The Morgan fingerprint density at radius 3 is 2.74 bits per heavy atom. The van der Waals surface area contributed by atoms with E-state index in [2.05, 4.69) is 31.7 Å². The molecule has 3 heterocycles. The molecule has 0 amide bonds. The van der Waals surface area contributed by atoms with Gasteiger partial charge in [-0.2, -0.15) is 5.26 Å². The smallest absolute Gasteiger partial charge is 0.149 e. The number of nitrogens with zero attached hydrogens (tertiary/aromatic N) is 4. The molecule has 0 saturated heterocycles. The first kappa shape index (κ1) is 16.8. The maximum absolute atomic E-state index is 9.71. The van der Waals surface area contributed by atoms with Gasteiger partial charge in [0.1, 0.15) is 17.7 Å². The van der Waals surface area contributed by atoms with Crippen molar-refractivity contribution >= 4 is 22.7 Å². The predicted molar refractivity (Wildman–Crippen MR) is 107 cm³/mol. The van der Waals surface area contributed by atoms with Crippen molar-refractivity contribution in [3.63, 3.8) is 0 Å². The van der Waals surface area contributed by atoms with Crippen molar-refractivity contribution in [3.8, 4) is 11.9 Å². The van der Waals surface area contributed by atoms with Crippen molar-refractivity contribution < 1.29 is 0 Å². The van der Waals surface area contributed by atoms with E-state index in [0.717, 1.165) is 39.4 Å². The minimum Gasteiger partial charge on any atom is -0.337 e. The molecule has 0 saturated carbocycles. The molecule has 0 unspecified atom stereocenters. The number of nitrogens with one attached hydrogen (secondary N) is 1. The first-order valence-corrected chi connectivity index (χ1v) is 8.75. The summed E-state index contributed by atoms with van der Waals surface area (Å²) in [5.41, 5.74) is 6.53. The Kier molecular flexibility index (Phi) is 4.09. The maximum Gasteiger partial charge on any atom is 0.149 e. The first-order valence-electron chi connectivity index (χ1n) is 8.75. The number of aromatic nitrogens is 4. The van der Waals surface area contributed by atoms with E-state index in [1.165, 1.54) is 0 Å². The summed E-state index contributed by atoms with van der Waals surface area (Å²) in [6.07, 6.45) is 3.66. The van der Waals surface area contributed by atoms with Crippen molar-refractivity contribution in [2.75, 3.05) is 0 Å². The lowest BCUT2D eigenvalue weighted by molar-refractivity contribution is 0.921. The maximum atomic E-state index is 9.71. The van der Waals surface area contributed by atoms with Crippen LogP contribution in [0, 0.1) is 32.1 Å². The van der Waals surface area contributed by atoms with Crippen molar-refractivity contribution in [1.82, 2.24) is 19.5 Å². The van der Waals surface area contributed by atoms with Gasteiger partial charge in [0.15, 0.2) is 0 Å². The lowest BCUT2D eigenvalue weighted by Gasteiger charge is -2.07. The second kappa shape index (κ2) is 6.58. The highest BCUT2D eigenvalue weighted by Crippen LogP contribution is 2.25. The molecule has 0 radical (unpaired) electrons. The molecule has 5 heteroatoms. The van der Waals surface area contributed by atoms with Gasteiger partial charge in [-0.15, -0.1) is 0 Å². The molecule has 0 aliphatic carbocycles. The molecule has 27 heavy (non-hydrogen) atoms. The van der Waals surface area contributed by atoms with E-state index >= 15 is 0 Å². The summed E-state index contributed by atoms with van der Waals surface area (Å²) in [7, 11) is 0. The molecule has 0 atom stereocenters. The number of hydrogen-bond acceptors (Lipinski definition) is 3. The van der Waals surface area contributed by atoms with Gasteiger partial charge >= 0.3 is 0 Å². The van der Waals surface area contributed by atoms with Gasteiger partial charge in [-0.3, -0.25) is 0 Å². The third-order valence-electron chi connectivity index (χ3n) is 4.66. The van der Waals surface area contributed by atoms with Crippen molar-refractivity contribution in [2.24, 2.45) is 0 Å². The highest BCUT2D eigenvalue weighted by molar-refractivity contribution is 5.90. The molecular weight excluding hydrogens is 334 g/mol. The number of H-pyrrole nitrogens is 1. The van der Waals surface area contributed by atoms with E-state index in [4.69, 9.17) is 0 Å². The topological polar surface area (TPSA) is 70.3 Å². The number of pyridine rings is 1. The summed E-state index contributed by atoms with van der Waals surface area (Å²) in [5, 5.41) is 9.71. The molecule has 3 aromatic heterocycles. The van der Waals surface area contributed by atoms with Crippen LogP contribution in [0.5, 0.6) is 0 Å². The van der Waals surface area contributed by atoms with Crippen LogP contribution >= 0.6 is 0 Å². The van der Waals surface area contributed by atoms with Crippen molar-refractivity contribution in [2.45, 2.75) is 20.8 Å². The molecule has 0 bridgehead atoms. The number of nitriles is 1. The normalized spacial score (nSPS) is 11.7. The fraction of sp³-hybridized carbons (Fsp3) is 0.136. The number of aryl methyl sites for hydroxylation is 2. The van der Waals surface area contributed by atoms with E-state index in [-0.39, 0.29) is 0 Å². The summed E-state index contributed by atoms with van der Waals surface area (Å²) in [6, 6.07) is 16.2. The lowest BCUT2D eigenvalue weighted by Crippen LogP contribution is -2.01. The standard InChI is InChI=1S/C22H19N5/c1-14-7-8-19-20(10-14)26-22(25-19)18(13-23)12-17-11-15(2)27(16(17)3)21-6-4-5-9-24-21/h4-12H,1-3H3,(H,25,26). The van der Waals surface area contributed by atoms with Gasteiger partial charge in [-0.05, 0) is 68.3 Å². The second-order valence-corrected chi connectivity index (χ2v) is 6.63. The quantitative estimate of drug-likeness (QED) is 0.541. The predicted octanol–water partition coefficient (Wildman–Crippen LogP) is 4.74. The summed E-state index contributed by atoms with van der Waals surface area (Å²) in [6.45, 7) is 6.10. The monoisotopic (exact) mass is 353 g/mol. The van der Waals surface area contributed by atoms with Gasteiger partial charge in [0, 0.05) is 17.6 Å². The molecule has 0 spiro atoms. The summed E-state index contributed by atoms with van der Waals surface area (Å²) < 4.78 is 2.09. The van der Waals surface area contributed by atoms with Crippen LogP contribution in [0.1, 0.15) is 28.3 Å². The Morgan fingerprint density at radius 1 is 1.15 bits per heavy atom. The molecule has 5 nitrogen and oxygen atoms in total. The number of rotatable bonds is 3. The number of hydrogen-bond donors (Lipinski definition) is 1. The highest BCUT2D eigenvalue weighted by atomic mass is 15.1. The third kappa shape index (κ3) is 3.02. The molecule has 132 valence electrons. The molecule has 1 aromatic carbocycles. The zero-order valence-corrected chi connectivity index (χ0v) is 15.5. The molecule has 0 fully saturated rings. The lowest BCUT2D eigenvalue weighted by atomic mass is 10.1. The SMILES string of the molecule is Cc1ccc2nc(C(C#N)=Cc3cc(C)n(-c4ccccn4)c3C)[nH]c2c1. The Bertz CT molecular complexity index is 1200. The average Bonchev–Trinajstić information content (AvgIpc) is 3.20. The Labute approximate surface area is 157 Å². The molecule has 1 N–H and O–H groups in total. The van der Waals surface area contributed by atoms with Crippen LogP contribution in [-0.4, -0.2) is 19.5 Å². The minimum atomic E-state index is 0.505.